The highest BCUT2D eigenvalue weighted by Crippen LogP contribution is 2.38. The van der Waals surface area contributed by atoms with Crippen molar-refractivity contribution in [1.29, 1.82) is 5.26 Å². The van der Waals surface area contributed by atoms with E-state index in [-0.39, 0.29) is 32.6 Å². The van der Waals surface area contributed by atoms with E-state index < -0.39 is 5.56 Å². The van der Waals surface area contributed by atoms with Crippen molar-refractivity contribution >= 4 is 35.0 Å². The van der Waals surface area contributed by atoms with E-state index in [0.29, 0.717) is 5.16 Å². The van der Waals surface area contributed by atoms with Crippen molar-refractivity contribution in [2.75, 3.05) is 6.26 Å². The van der Waals surface area contributed by atoms with Crippen molar-refractivity contribution in [3.05, 3.63) is 38.1 Å². The molecule has 0 aliphatic rings. The maximum atomic E-state index is 11.8. The molecule has 102 valence electrons. The summed E-state index contributed by atoms with van der Waals surface area (Å²) in [5.41, 5.74) is -0.614. The second-order valence-electron chi connectivity index (χ2n) is 3.69. The number of phenols is 1. The Labute approximate surface area is 128 Å². The van der Waals surface area contributed by atoms with Crippen LogP contribution in [0.2, 0.25) is 10.0 Å². The molecule has 2 rings (SSSR count). The van der Waals surface area contributed by atoms with Gasteiger partial charge < -0.3 is 10.1 Å². The van der Waals surface area contributed by atoms with Crippen molar-refractivity contribution in [2.45, 2.75) is 5.16 Å². The van der Waals surface area contributed by atoms with E-state index in [9.17, 15) is 9.90 Å². The van der Waals surface area contributed by atoms with Gasteiger partial charge in [0, 0.05) is 10.6 Å². The summed E-state index contributed by atoms with van der Waals surface area (Å²) in [6, 6.07) is 4.52. The van der Waals surface area contributed by atoms with Crippen LogP contribution in [-0.4, -0.2) is 21.3 Å². The van der Waals surface area contributed by atoms with Crippen LogP contribution in [0.15, 0.2) is 22.1 Å². The summed E-state index contributed by atoms with van der Waals surface area (Å²) >= 11 is 12.9. The highest BCUT2D eigenvalue weighted by molar-refractivity contribution is 7.98. The molecule has 0 saturated carbocycles. The second kappa shape index (κ2) is 5.75. The summed E-state index contributed by atoms with van der Waals surface area (Å²) in [4.78, 5) is 18.4. The van der Waals surface area contributed by atoms with E-state index in [4.69, 9.17) is 28.5 Å². The number of hydrogen-bond acceptors (Lipinski definition) is 5. The van der Waals surface area contributed by atoms with Gasteiger partial charge in [-0.05, 0) is 18.4 Å². The Hall–Kier alpha value is -1.68. The molecule has 0 aliphatic carbocycles. The predicted octanol–water partition coefficient (Wildman–Crippen LogP) is 3.04. The van der Waals surface area contributed by atoms with Gasteiger partial charge in [-0.2, -0.15) is 5.26 Å². The van der Waals surface area contributed by atoms with Gasteiger partial charge in [-0.15, -0.1) is 0 Å². The van der Waals surface area contributed by atoms with Gasteiger partial charge in [0.05, 0.1) is 5.02 Å². The SMILES string of the molecule is CSc1nc(-c2cc(Cl)cc(Cl)c2O)c(C#N)c(=O)[nH]1. The van der Waals surface area contributed by atoms with Crippen molar-refractivity contribution in [3.8, 4) is 23.1 Å². The van der Waals surface area contributed by atoms with Gasteiger partial charge in [0.15, 0.2) is 5.16 Å². The lowest BCUT2D eigenvalue weighted by Crippen LogP contribution is -2.14. The van der Waals surface area contributed by atoms with Crippen molar-refractivity contribution in [1.82, 2.24) is 9.97 Å². The van der Waals surface area contributed by atoms with Crippen LogP contribution in [0, 0.1) is 11.3 Å². The van der Waals surface area contributed by atoms with Gasteiger partial charge >= 0.3 is 0 Å². The van der Waals surface area contributed by atoms with Crippen LogP contribution in [0.3, 0.4) is 0 Å². The van der Waals surface area contributed by atoms with Gasteiger partial charge in [-0.1, -0.05) is 35.0 Å². The Bertz CT molecular complexity index is 783. The smallest absolute Gasteiger partial charge is 0.270 e. The Balaban J connectivity index is 2.85. The van der Waals surface area contributed by atoms with Gasteiger partial charge in [0.25, 0.3) is 5.56 Å². The molecule has 8 heteroatoms. The number of rotatable bonds is 2. The number of thioether (sulfide) groups is 1. The van der Waals surface area contributed by atoms with Crippen molar-refractivity contribution < 1.29 is 5.11 Å². The first-order valence-electron chi connectivity index (χ1n) is 5.24. The average molecular weight is 328 g/mol. The molecule has 0 bridgehead atoms. The Morgan fingerprint density at radius 2 is 2.15 bits per heavy atom. The zero-order chi connectivity index (χ0) is 14.9. The number of H-pyrrole nitrogens is 1. The van der Waals surface area contributed by atoms with Gasteiger partial charge in [0.2, 0.25) is 0 Å². The zero-order valence-corrected chi connectivity index (χ0v) is 12.4. The minimum absolute atomic E-state index is 0.0178. The number of halogens is 2. The lowest BCUT2D eigenvalue weighted by Gasteiger charge is -2.09. The van der Waals surface area contributed by atoms with E-state index in [1.165, 1.54) is 23.9 Å². The van der Waals surface area contributed by atoms with E-state index in [0.717, 1.165) is 0 Å². The quantitative estimate of drug-likeness (QED) is 0.653. The molecular formula is C12H7Cl2N3O2S. The Kier molecular flexibility index (Phi) is 4.23. The fourth-order valence-electron chi connectivity index (χ4n) is 1.59. The van der Waals surface area contributed by atoms with E-state index in [1.54, 1.807) is 12.3 Å². The van der Waals surface area contributed by atoms with Crippen molar-refractivity contribution in [2.24, 2.45) is 0 Å². The molecule has 0 fully saturated rings. The van der Waals surface area contributed by atoms with Crippen LogP contribution in [0.25, 0.3) is 11.3 Å². The summed E-state index contributed by atoms with van der Waals surface area (Å²) in [5.74, 6) is -0.280. The third-order valence-corrected chi connectivity index (χ3v) is 3.57. The summed E-state index contributed by atoms with van der Waals surface area (Å²) in [6.07, 6.45) is 1.72. The first-order chi connectivity index (χ1) is 9.47. The molecule has 1 heterocycles. The number of hydrogen-bond donors (Lipinski definition) is 2. The number of nitrogens with one attached hydrogen (secondary N) is 1. The summed E-state index contributed by atoms with van der Waals surface area (Å²) < 4.78 is 0. The molecule has 0 atom stereocenters. The van der Waals surface area contributed by atoms with Crippen LogP contribution in [-0.2, 0) is 0 Å². The van der Waals surface area contributed by atoms with Crippen LogP contribution in [0.5, 0.6) is 5.75 Å². The molecule has 0 spiro atoms. The molecule has 1 aromatic heterocycles. The zero-order valence-electron chi connectivity index (χ0n) is 10.1. The van der Waals surface area contributed by atoms with Crippen LogP contribution in [0.1, 0.15) is 5.56 Å². The van der Waals surface area contributed by atoms with E-state index in [2.05, 4.69) is 9.97 Å². The topological polar surface area (TPSA) is 89.8 Å². The standard InChI is InChI=1S/C12H7Cl2N3O2S/c1-20-12-16-9(7(4-15)11(19)17-12)6-2-5(13)3-8(14)10(6)18/h2-3,18H,1H3,(H,16,17,19). The number of phenolic OH excluding ortho intramolecular Hbond substituents is 1. The lowest BCUT2D eigenvalue weighted by atomic mass is 10.1. The normalized spacial score (nSPS) is 10.3. The minimum Gasteiger partial charge on any atom is -0.506 e. The van der Waals surface area contributed by atoms with Gasteiger partial charge in [-0.3, -0.25) is 4.79 Å². The van der Waals surface area contributed by atoms with Crippen LogP contribution >= 0.6 is 35.0 Å². The summed E-state index contributed by atoms with van der Waals surface area (Å²) in [6.45, 7) is 0. The molecule has 0 radical (unpaired) electrons. The number of aromatic amines is 1. The molecule has 5 nitrogen and oxygen atoms in total. The molecule has 1 aromatic carbocycles. The van der Waals surface area contributed by atoms with E-state index >= 15 is 0 Å². The molecule has 0 unspecified atom stereocenters. The number of aromatic nitrogens is 2. The maximum absolute atomic E-state index is 11.8. The monoisotopic (exact) mass is 327 g/mol. The highest BCUT2D eigenvalue weighted by Gasteiger charge is 2.18. The van der Waals surface area contributed by atoms with Gasteiger partial charge in [0.1, 0.15) is 23.1 Å². The number of benzene rings is 1. The Morgan fingerprint density at radius 1 is 1.45 bits per heavy atom. The number of aromatic hydroxyl groups is 1. The summed E-state index contributed by atoms with van der Waals surface area (Å²) in [5, 5.41) is 19.7. The van der Waals surface area contributed by atoms with Crippen molar-refractivity contribution in [3.63, 3.8) is 0 Å². The third-order valence-electron chi connectivity index (χ3n) is 2.49. The van der Waals surface area contributed by atoms with Crippen LogP contribution in [0.4, 0.5) is 0 Å². The van der Waals surface area contributed by atoms with Gasteiger partial charge in [-0.25, -0.2) is 4.98 Å². The molecule has 2 aromatic rings. The fraction of sp³-hybridized carbons (Fsp3) is 0.0833. The first-order valence-corrected chi connectivity index (χ1v) is 7.22. The minimum atomic E-state index is -0.586. The predicted molar refractivity (Wildman–Crippen MR) is 78.5 cm³/mol. The molecule has 20 heavy (non-hydrogen) atoms. The first kappa shape index (κ1) is 14.7. The Morgan fingerprint density at radius 3 is 2.75 bits per heavy atom. The number of nitrogens with zero attached hydrogens (tertiary/aromatic N) is 2. The fourth-order valence-corrected chi connectivity index (χ4v) is 2.47. The summed E-state index contributed by atoms with van der Waals surface area (Å²) in [7, 11) is 0. The average Bonchev–Trinajstić information content (AvgIpc) is 2.41. The van der Waals surface area contributed by atoms with Crippen LogP contribution < -0.4 is 5.56 Å². The third kappa shape index (κ3) is 2.61. The largest absolute Gasteiger partial charge is 0.506 e. The lowest BCUT2D eigenvalue weighted by molar-refractivity contribution is 0.477. The molecule has 0 amide bonds. The van der Waals surface area contributed by atoms with E-state index in [1.807, 2.05) is 0 Å². The molecular weight excluding hydrogens is 321 g/mol. The second-order valence-corrected chi connectivity index (χ2v) is 5.33. The highest BCUT2D eigenvalue weighted by atomic mass is 35.5. The molecule has 0 aliphatic heterocycles. The maximum Gasteiger partial charge on any atom is 0.270 e. The molecule has 0 saturated heterocycles. The number of nitriles is 1. The molecule has 2 N–H and O–H groups in total.